The summed E-state index contributed by atoms with van der Waals surface area (Å²) in [6.07, 6.45) is 4.36. The van der Waals surface area contributed by atoms with E-state index in [1.807, 2.05) is 36.4 Å². The molecule has 22 heavy (non-hydrogen) atoms. The molecule has 0 aliphatic rings. The molecule has 2 heteroatoms. The molecule has 2 rings (SSSR count). The molecule has 0 spiro atoms. The van der Waals surface area contributed by atoms with Gasteiger partial charge in [-0.25, -0.2) is 0 Å². The summed E-state index contributed by atoms with van der Waals surface area (Å²) in [5.41, 5.74) is 3.47. The number of carbonyl (C=O) groups excluding carboxylic acids is 1. The zero-order chi connectivity index (χ0) is 15.9. The molecule has 2 nitrogen and oxygen atoms in total. The second kappa shape index (κ2) is 7.38. The van der Waals surface area contributed by atoms with Gasteiger partial charge in [0.2, 0.25) is 0 Å². The second-order valence-corrected chi connectivity index (χ2v) is 5.73. The van der Waals surface area contributed by atoms with Crippen molar-refractivity contribution in [1.29, 1.82) is 5.26 Å². The minimum Gasteiger partial charge on any atom is -0.289 e. The van der Waals surface area contributed by atoms with Gasteiger partial charge in [-0.15, -0.1) is 0 Å². The fourth-order valence-corrected chi connectivity index (χ4v) is 2.21. The summed E-state index contributed by atoms with van der Waals surface area (Å²) in [7, 11) is 0. The number of hydrogen-bond acceptors (Lipinski definition) is 2. The Morgan fingerprint density at radius 3 is 2.27 bits per heavy atom. The fourth-order valence-electron chi connectivity index (χ4n) is 2.21. The van der Waals surface area contributed by atoms with Crippen LogP contribution in [-0.4, -0.2) is 5.78 Å². The highest BCUT2D eigenvalue weighted by Gasteiger charge is 2.03. The molecular formula is C20H19NO. The summed E-state index contributed by atoms with van der Waals surface area (Å²) in [5, 5.41) is 8.75. The van der Waals surface area contributed by atoms with E-state index in [4.69, 9.17) is 5.26 Å². The van der Waals surface area contributed by atoms with Crippen LogP contribution in [0.25, 0.3) is 6.08 Å². The quantitative estimate of drug-likeness (QED) is 0.593. The lowest BCUT2D eigenvalue weighted by Crippen LogP contribution is -1.97. The molecule has 110 valence electrons. The van der Waals surface area contributed by atoms with Crippen molar-refractivity contribution >= 4 is 11.9 Å². The number of benzene rings is 2. The van der Waals surface area contributed by atoms with Gasteiger partial charge in [0.05, 0.1) is 11.6 Å². The molecule has 2 aromatic rings. The van der Waals surface area contributed by atoms with Crippen molar-refractivity contribution in [2.45, 2.75) is 20.3 Å². The standard InChI is InChI=1S/C20H19NO/c1-15(2)13-17-7-10-19(11-8-17)20(22)12-9-16-3-5-18(14-21)6-4-16/h3-12,15H,13H2,1-2H3. The van der Waals surface area contributed by atoms with Crippen LogP contribution in [-0.2, 0) is 6.42 Å². The highest BCUT2D eigenvalue weighted by molar-refractivity contribution is 6.06. The van der Waals surface area contributed by atoms with Gasteiger partial charge in [-0.05, 0) is 41.7 Å². The SMILES string of the molecule is CC(C)Cc1ccc(C(=O)C=Cc2ccc(C#N)cc2)cc1. The first-order valence-electron chi connectivity index (χ1n) is 7.40. The predicted octanol–water partition coefficient (Wildman–Crippen LogP) is 4.65. The van der Waals surface area contributed by atoms with E-state index in [-0.39, 0.29) is 5.78 Å². The zero-order valence-corrected chi connectivity index (χ0v) is 12.9. The van der Waals surface area contributed by atoms with Crippen LogP contribution in [0.15, 0.2) is 54.6 Å². The van der Waals surface area contributed by atoms with Crippen LogP contribution in [0.5, 0.6) is 0 Å². The first kappa shape index (κ1) is 15.7. The van der Waals surface area contributed by atoms with E-state index in [1.165, 1.54) is 5.56 Å². The minimum absolute atomic E-state index is 0.0135. The molecule has 0 bridgehead atoms. The Labute approximate surface area is 131 Å². The molecule has 0 saturated carbocycles. The second-order valence-electron chi connectivity index (χ2n) is 5.73. The molecule has 0 aromatic heterocycles. The Bertz CT molecular complexity index is 701. The van der Waals surface area contributed by atoms with E-state index in [2.05, 4.69) is 19.9 Å². The third kappa shape index (κ3) is 4.43. The summed E-state index contributed by atoms with van der Waals surface area (Å²) < 4.78 is 0. The number of nitriles is 1. The Morgan fingerprint density at radius 2 is 1.73 bits per heavy atom. The molecule has 0 aliphatic heterocycles. The van der Waals surface area contributed by atoms with Crippen LogP contribution in [0.4, 0.5) is 0 Å². The lowest BCUT2D eigenvalue weighted by atomic mass is 10.0. The molecule has 0 heterocycles. The number of hydrogen-bond donors (Lipinski definition) is 0. The first-order chi connectivity index (χ1) is 10.6. The van der Waals surface area contributed by atoms with E-state index >= 15 is 0 Å². The van der Waals surface area contributed by atoms with Gasteiger partial charge < -0.3 is 0 Å². The van der Waals surface area contributed by atoms with E-state index in [0.717, 1.165) is 12.0 Å². The van der Waals surface area contributed by atoms with Crippen LogP contribution in [0.1, 0.15) is 40.9 Å². The van der Waals surface area contributed by atoms with Gasteiger partial charge in [0.25, 0.3) is 0 Å². The zero-order valence-electron chi connectivity index (χ0n) is 12.9. The summed E-state index contributed by atoms with van der Waals surface area (Å²) in [5.74, 6) is 0.596. The average Bonchev–Trinajstić information content (AvgIpc) is 2.53. The van der Waals surface area contributed by atoms with Crippen molar-refractivity contribution < 1.29 is 4.79 Å². The molecule has 2 aromatic carbocycles. The average molecular weight is 289 g/mol. The van der Waals surface area contributed by atoms with Gasteiger partial charge in [-0.3, -0.25) is 4.79 Å². The molecule has 0 N–H and O–H groups in total. The van der Waals surface area contributed by atoms with Gasteiger partial charge in [0.1, 0.15) is 0 Å². The Morgan fingerprint density at radius 1 is 1.09 bits per heavy atom. The van der Waals surface area contributed by atoms with Gasteiger partial charge in [0.15, 0.2) is 5.78 Å². The first-order valence-corrected chi connectivity index (χ1v) is 7.40. The van der Waals surface area contributed by atoms with E-state index in [1.54, 1.807) is 24.3 Å². The van der Waals surface area contributed by atoms with Gasteiger partial charge in [0, 0.05) is 5.56 Å². The van der Waals surface area contributed by atoms with Crippen molar-refractivity contribution in [3.8, 4) is 6.07 Å². The third-order valence-electron chi connectivity index (χ3n) is 3.35. The summed E-state index contributed by atoms with van der Waals surface area (Å²) in [4.78, 5) is 12.1. The maximum absolute atomic E-state index is 12.1. The molecule has 0 atom stereocenters. The van der Waals surface area contributed by atoms with Crippen LogP contribution < -0.4 is 0 Å². The maximum atomic E-state index is 12.1. The molecular weight excluding hydrogens is 270 g/mol. The van der Waals surface area contributed by atoms with Gasteiger partial charge in [-0.2, -0.15) is 5.26 Å². The fraction of sp³-hybridized carbons (Fsp3) is 0.200. The molecule has 0 saturated heterocycles. The molecule has 0 radical (unpaired) electrons. The van der Waals surface area contributed by atoms with Crippen LogP contribution in [0.2, 0.25) is 0 Å². The highest BCUT2D eigenvalue weighted by atomic mass is 16.1. The lowest BCUT2D eigenvalue weighted by Gasteiger charge is -2.05. The smallest absolute Gasteiger partial charge is 0.185 e. The monoisotopic (exact) mass is 289 g/mol. The largest absolute Gasteiger partial charge is 0.289 e. The molecule has 0 unspecified atom stereocenters. The van der Waals surface area contributed by atoms with Crippen LogP contribution >= 0.6 is 0 Å². The topological polar surface area (TPSA) is 40.9 Å². The number of ketones is 1. The number of carbonyl (C=O) groups is 1. The van der Waals surface area contributed by atoms with E-state index in [0.29, 0.717) is 17.0 Å². The summed E-state index contributed by atoms with van der Waals surface area (Å²) in [6, 6.07) is 17.0. The van der Waals surface area contributed by atoms with E-state index < -0.39 is 0 Å². The normalized spacial score (nSPS) is 10.8. The Kier molecular flexibility index (Phi) is 5.27. The minimum atomic E-state index is -0.0135. The van der Waals surface area contributed by atoms with Crippen molar-refractivity contribution in [3.05, 3.63) is 76.9 Å². The molecule has 0 aliphatic carbocycles. The molecule has 0 fully saturated rings. The summed E-state index contributed by atoms with van der Waals surface area (Å²) in [6.45, 7) is 4.36. The van der Waals surface area contributed by atoms with Gasteiger partial charge in [-0.1, -0.05) is 56.3 Å². The van der Waals surface area contributed by atoms with Crippen molar-refractivity contribution in [3.63, 3.8) is 0 Å². The maximum Gasteiger partial charge on any atom is 0.185 e. The predicted molar refractivity (Wildman–Crippen MR) is 89.5 cm³/mol. The van der Waals surface area contributed by atoms with E-state index in [9.17, 15) is 4.79 Å². The Hall–Kier alpha value is -2.66. The number of allylic oxidation sites excluding steroid dienone is 1. The number of nitrogens with zero attached hydrogens (tertiary/aromatic N) is 1. The van der Waals surface area contributed by atoms with Crippen LogP contribution in [0.3, 0.4) is 0 Å². The summed E-state index contributed by atoms with van der Waals surface area (Å²) >= 11 is 0. The van der Waals surface area contributed by atoms with Crippen molar-refractivity contribution in [1.82, 2.24) is 0 Å². The Balaban J connectivity index is 2.04. The lowest BCUT2D eigenvalue weighted by molar-refractivity contribution is 0.104. The van der Waals surface area contributed by atoms with Crippen molar-refractivity contribution in [2.75, 3.05) is 0 Å². The van der Waals surface area contributed by atoms with Crippen molar-refractivity contribution in [2.24, 2.45) is 5.92 Å². The number of rotatable bonds is 5. The third-order valence-corrected chi connectivity index (χ3v) is 3.35. The van der Waals surface area contributed by atoms with Crippen LogP contribution in [0, 0.1) is 17.2 Å². The highest BCUT2D eigenvalue weighted by Crippen LogP contribution is 2.12. The van der Waals surface area contributed by atoms with Gasteiger partial charge >= 0.3 is 0 Å². The molecule has 0 amide bonds.